The Kier molecular flexibility index (Phi) is 38.7. The van der Waals surface area contributed by atoms with Crippen molar-refractivity contribution >= 4 is 24.4 Å². The van der Waals surface area contributed by atoms with Crippen molar-refractivity contribution in [3.8, 4) is 0 Å². The van der Waals surface area contributed by atoms with Gasteiger partial charge in [-0.3, -0.25) is 0 Å². The normalized spacial score (nSPS) is 35.6. The number of hydrogen-bond acceptors (Lipinski definition) is 34. The minimum absolute atomic E-state index is 0.0110. The van der Waals surface area contributed by atoms with E-state index in [1.54, 1.807) is 51.1 Å². The molecule has 0 bridgehead atoms. The van der Waals surface area contributed by atoms with E-state index in [0.29, 0.717) is 64.3 Å². The van der Waals surface area contributed by atoms with E-state index in [0.717, 1.165) is 16.7 Å². The van der Waals surface area contributed by atoms with E-state index in [9.17, 15) is 60.0 Å². The van der Waals surface area contributed by atoms with Crippen LogP contribution in [0.2, 0.25) is 0 Å². The lowest BCUT2D eigenvalue weighted by Crippen LogP contribution is -2.62. The third-order valence-electron chi connectivity index (χ3n) is 23.0. The number of alkyl carbamates (subject to hydrolysis) is 4. The molecule has 38 heteroatoms. The van der Waals surface area contributed by atoms with Crippen molar-refractivity contribution in [2.75, 3.05) is 45.9 Å². The summed E-state index contributed by atoms with van der Waals surface area (Å²) in [6.45, 7) is 8.30. The fourth-order valence-electron chi connectivity index (χ4n) is 16.1. The van der Waals surface area contributed by atoms with Gasteiger partial charge >= 0.3 is 24.4 Å². The lowest BCUT2D eigenvalue weighted by atomic mass is 9.74. The maximum absolute atomic E-state index is 13.3. The molecule has 2 unspecified atom stereocenters. The van der Waals surface area contributed by atoms with Gasteiger partial charge in [-0.2, -0.15) is 0 Å². The maximum atomic E-state index is 13.3. The molecule has 123 heavy (non-hydrogen) atoms. The van der Waals surface area contributed by atoms with Crippen molar-refractivity contribution < 1.29 is 136 Å². The Morgan fingerprint density at radius 3 is 1.36 bits per heavy atom. The van der Waals surface area contributed by atoms with Gasteiger partial charge in [0.2, 0.25) is 0 Å². The third kappa shape index (κ3) is 29.1. The van der Waals surface area contributed by atoms with Gasteiger partial charge in [0.05, 0.1) is 86.8 Å². The van der Waals surface area contributed by atoms with E-state index in [1.165, 1.54) is 0 Å². The summed E-state index contributed by atoms with van der Waals surface area (Å²) in [6, 6.07) is 23.9. The van der Waals surface area contributed by atoms with Gasteiger partial charge in [0.15, 0.2) is 37.7 Å². The molecule has 0 radical (unpaired) electrons. The van der Waals surface area contributed by atoms with Crippen LogP contribution in [0.1, 0.15) is 122 Å². The summed E-state index contributed by atoms with van der Waals surface area (Å²) in [5, 5.41) is 100. The average molecular weight is 1740 g/mol. The number of benzene rings is 3. The number of rotatable bonds is 36. The minimum atomic E-state index is -1.67. The molecule has 6 fully saturated rings. The van der Waals surface area contributed by atoms with Gasteiger partial charge in [-0.1, -0.05) is 129 Å². The third-order valence-corrected chi connectivity index (χ3v) is 23.0. The van der Waals surface area contributed by atoms with Crippen molar-refractivity contribution in [3.05, 3.63) is 132 Å². The number of carbonyl (C=O) groups is 4. The van der Waals surface area contributed by atoms with Crippen molar-refractivity contribution in [2.45, 2.75) is 308 Å². The largest absolute Gasteiger partial charge is 0.445 e. The van der Waals surface area contributed by atoms with Crippen LogP contribution in [0.4, 0.5) is 19.2 Å². The van der Waals surface area contributed by atoms with Gasteiger partial charge in [-0.25, -0.2) is 19.2 Å². The van der Waals surface area contributed by atoms with Crippen molar-refractivity contribution in [1.82, 2.24) is 21.3 Å². The zero-order valence-corrected chi connectivity index (χ0v) is 70.5. The van der Waals surface area contributed by atoms with Crippen LogP contribution in [0.15, 0.2) is 115 Å². The average Bonchev–Trinajstić information content (AvgIpc) is 1.74. The first-order valence-electron chi connectivity index (χ1n) is 42.8. The number of ether oxygens (including phenoxy) is 16. The highest BCUT2D eigenvalue weighted by Crippen LogP contribution is 2.42. The highest BCUT2D eigenvalue weighted by molar-refractivity contribution is 5.69. The molecule has 24 N–H and O–H groups in total. The van der Waals surface area contributed by atoms with Crippen molar-refractivity contribution in [2.24, 2.45) is 52.2 Å². The Morgan fingerprint density at radius 2 is 0.894 bits per heavy atom. The van der Waals surface area contributed by atoms with Crippen LogP contribution in [-0.2, 0) is 95.6 Å². The van der Waals surface area contributed by atoms with E-state index in [2.05, 4.69) is 21.3 Å². The molecule has 2 saturated carbocycles. The SMILES string of the molecule is CC[C@@H]1C=C[C@@H](NC(=O)OCc2ccccc2)[C@@H](O[C@H]2[C@H](O[C@@H]3O[C@H](CO)[C@@H](O[C@H]4O[C@@H](CNC(=O)OCc5ccccc5)C=C[C@H]4NC(=O)OCc4ccccc4)[C@H]3O)[C@@H](O)[C@H](CCC(O)CNC(=O)OC(C)(C)C)C[C@@H]2C)O1.NCC(O)CC[C@@H]1C[C@H](N)[C@@H](O[C@H]2O[C@H](CN)CC[C@H]2N)[C@H](O[C@@H]2O[C@H](CO)[C@@H](O[C@H]3O[C@@H](CN)CC[C@H]3N)[C@H]2O)[C@H]1O. The van der Waals surface area contributed by atoms with E-state index < -0.39 is 221 Å². The molecule has 4 saturated heterocycles. The number of carbonyl (C=O) groups excluding carboxylic acids is 4. The molecule has 0 spiro atoms. The van der Waals surface area contributed by atoms with Crippen LogP contribution in [0.5, 0.6) is 0 Å². The van der Waals surface area contributed by atoms with Crippen molar-refractivity contribution in [3.63, 3.8) is 0 Å². The first-order valence-corrected chi connectivity index (χ1v) is 42.8. The fourth-order valence-corrected chi connectivity index (χ4v) is 16.1. The number of nitrogens with two attached hydrogens (primary N) is 6. The smallest absolute Gasteiger partial charge is 0.408 e. The lowest BCUT2D eigenvalue weighted by Gasteiger charge is -2.46. The second-order valence-electron chi connectivity index (χ2n) is 33.6. The molecule has 4 amide bonds. The maximum Gasteiger partial charge on any atom is 0.408 e. The first kappa shape index (κ1) is 98.4. The van der Waals surface area contributed by atoms with Crippen LogP contribution < -0.4 is 55.7 Å². The Balaban J connectivity index is 0.000000309. The summed E-state index contributed by atoms with van der Waals surface area (Å²) in [5.74, 6) is -1.30. The van der Waals surface area contributed by atoms with Gasteiger partial charge in [-0.15, -0.1) is 0 Å². The zero-order chi connectivity index (χ0) is 88.4. The molecule has 32 atom stereocenters. The Bertz CT molecular complexity index is 3690. The van der Waals surface area contributed by atoms with Gasteiger partial charge in [0, 0.05) is 32.2 Å². The predicted octanol–water partition coefficient (Wildman–Crippen LogP) is 1.00. The van der Waals surface area contributed by atoms with Gasteiger partial charge < -0.3 is 172 Å². The summed E-state index contributed by atoms with van der Waals surface area (Å²) in [5.41, 5.74) is 37.9. The lowest BCUT2D eigenvalue weighted by molar-refractivity contribution is -0.291. The molecular formula is C85H132N10O28. The van der Waals surface area contributed by atoms with Crippen LogP contribution in [0.3, 0.4) is 0 Å². The van der Waals surface area contributed by atoms with E-state index in [1.807, 2.05) is 98.8 Å². The molecule has 11 rings (SSSR count). The summed E-state index contributed by atoms with van der Waals surface area (Å²) < 4.78 is 96.7. The Labute approximate surface area is 717 Å². The molecular weight excluding hydrogens is 1610 g/mol. The number of amides is 4. The molecule has 690 valence electrons. The Morgan fingerprint density at radius 1 is 0.472 bits per heavy atom. The van der Waals surface area contributed by atoms with Gasteiger partial charge in [0.25, 0.3) is 0 Å². The molecule has 3 aromatic rings. The second kappa shape index (κ2) is 48.4. The fraction of sp³-hybridized carbons (Fsp3) is 0.694. The summed E-state index contributed by atoms with van der Waals surface area (Å²) in [7, 11) is 0. The topological polar surface area (TPSA) is 582 Å². The standard InChI is InChI=1S/C58H78N4O18.C27H54N6O10/c1-6-41-24-26-43(61-56(69)72-33-37-18-12-8-13-19-37)51(74-41)77-48-35(2)28-39(22-23-40(64)29-59-55(68)80-58(3,4)5)46(65)50(48)79-53-47(66)49(45(31-63)76-53)78-52-44(62-57(70)73-34-38-20-14-9-15-21-38)27-25-42(75-52)30-60-54(67)71-32-36-16-10-7-11-17-36;28-8-13(35)2-1-12-7-18(33)22(41-25-16(31)5-3-14(9-29)38-25)24(20(12)36)43-27-21(37)23(19(11-34)40-27)42-26-17(32)6-4-15(10-30)39-26/h7-21,24-27,35,39-53,63-66H,6,22-23,28-34H2,1-5H3,(H,59,68)(H,60,67)(H,61,69)(H,62,70);12-27,34-37H,1-11,28-33H2/t35-,39+,40?,41+,42+,43+,44+,45+,46-,47+,48+,49+,50+,51+,52+,53-;12-,13?,14+,15-,16-,17-,18+,19-,20+,21-,22-,23-,24-,25-,26-,27+/m01/s1. The number of aliphatic hydroxyl groups is 8. The number of aliphatic hydroxyl groups excluding tert-OH is 8. The molecule has 3 aromatic carbocycles. The molecule has 6 aliphatic heterocycles. The molecule has 38 nitrogen and oxygen atoms in total. The van der Waals surface area contributed by atoms with Gasteiger partial charge in [-0.05, 0) is 126 Å². The van der Waals surface area contributed by atoms with E-state index >= 15 is 0 Å². The molecule has 2 aliphatic carbocycles. The summed E-state index contributed by atoms with van der Waals surface area (Å²) in [4.78, 5) is 51.6. The van der Waals surface area contributed by atoms with E-state index in [-0.39, 0.29) is 77.0 Å². The van der Waals surface area contributed by atoms with Crippen LogP contribution in [-0.4, -0.2) is 295 Å². The molecule has 6 heterocycles. The summed E-state index contributed by atoms with van der Waals surface area (Å²) in [6.07, 6.45) is -16.1. The minimum Gasteiger partial charge on any atom is -0.445 e. The molecule has 0 aromatic heterocycles. The van der Waals surface area contributed by atoms with Crippen LogP contribution in [0.25, 0.3) is 0 Å². The highest BCUT2D eigenvalue weighted by Gasteiger charge is 2.56. The monoisotopic (exact) mass is 1740 g/mol. The zero-order valence-electron chi connectivity index (χ0n) is 70.5. The van der Waals surface area contributed by atoms with E-state index in [4.69, 9.17) is 110 Å². The Hall–Kier alpha value is -6.82. The number of nitrogens with one attached hydrogen (secondary N) is 4. The summed E-state index contributed by atoms with van der Waals surface area (Å²) >= 11 is 0. The van der Waals surface area contributed by atoms with Crippen LogP contribution in [0, 0.1) is 17.8 Å². The number of hydrogen-bond donors (Lipinski definition) is 18. The van der Waals surface area contributed by atoms with Crippen molar-refractivity contribution in [1.29, 1.82) is 0 Å². The van der Waals surface area contributed by atoms with Gasteiger partial charge in [0.1, 0.15) is 92.4 Å². The second-order valence-corrected chi connectivity index (χ2v) is 33.6. The highest BCUT2D eigenvalue weighted by atomic mass is 16.8. The van der Waals surface area contributed by atoms with Crippen LogP contribution >= 0.6 is 0 Å². The molecule has 8 aliphatic rings. The quantitative estimate of drug-likeness (QED) is 0.0285. The predicted molar refractivity (Wildman–Crippen MR) is 439 cm³/mol. The first-order chi connectivity index (χ1) is 59.0.